The first-order valence-corrected chi connectivity index (χ1v) is 11.3. The molecular weight excluding hydrogens is 378 g/mol. The van der Waals surface area contributed by atoms with Crippen molar-refractivity contribution in [3.05, 3.63) is 30.5 Å². The molecule has 2 aliphatic rings. The van der Waals surface area contributed by atoms with Crippen molar-refractivity contribution in [2.75, 3.05) is 47.0 Å². The van der Waals surface area contributed by atoms with Crippen LogP contribution in [0.3, 0.4) is 0 Å². The molecule has 0 spiro atoms. The summed E-state index contributed by atoms with van der Waals surface area (Å²) in [5.41, 5.74) is 1.06. The van der Waals surface area contributed by atoms with Crippen molar-refractivity contribution < 1.29 is 14.3 Å². The summed E-state index contributed by atoms with van der Waals surface area (Å²) in [4.78, 5) is 18.0. The summed E-state index contributed by atoms with van der Waals surface area (Å²) in [7, 11) is 3.38. The number of methoxy groups -OCH3 is 2. The van der Waals surface area contributed by atoms with Gasteiger partial charge >= 0.3 is 0 Å². The fourth-order valence-corrected chi connectivity index (χ4v) is 5.28. The van der Waals surface area contributed by atoms with E-state index in [4.69, 9.17) is 9.47 Å². The van der Waals surface area contributed by atoms with Gasteiger partial charge in [-0.2, -0.15) is 0 Å². The van der Waals surface area contributed by atoms with Crippen LogP contribution in [0.5, 0.6) is 5.75 Å². The quantitative estimate of drug-likeness (QED) is 0.666. The summed E-state index contributed by atoms with van der Waals surface area (Å²) in [6.45, 7) is 4.90. The third-order valence-corrected chi connectivity index (χ3v) is 6.89. The Kier molecular flexibility index (Phi) is 6.95. The van der Waals surface area contributed by atoms with Gasteiger partial charge < -0.3 is 23.8 Å². The normalized spacial score (nSPS) is 22.1. The predicted octanol–water partition coefficient (Wildman–Crippen LogP) is 3.39. The number of fused-ring (bicyclic) bond motifs is 2. The first-order chi connectivity index (χ1) is 14.7. The van der Waals surface area contributed by atoms with Crippen LogP contribution in [0.25, 0.3) is 10.9 Å². The van der Waals surface area contributed by atoms with E-state index in [1.54, 1.807) is 14.2 Å². The summed E-state index contributed by atoms with van der Waals surface area (Å²) in [6, 6.07) is 8.68. The van der Waals surface area contributed by atoms with Crippen molar-refractivity contribution in [1.29, 1.82) is 0 Å². The predicted molar refractivity (Wildman–Crippen MR) is 119 cm³/mol. The number of carbonyl (C=O) groups is 1. The highest BCUT2D eigenvalue weighted by Crippen LogP contribution is 2.31. The Bertz CT molecular complexity index is 847. The van der Waals surface area contributed by atoms with E-state index in [0.717, 1.165) is 23.2 Å². The zero-order valence-corrected chi connectivity index (χ0v) is 18.4. The molecule has 1 aromatic heterocycles. The van der Waals surface area contributed by atoms with Gasteiger partial charge in [-0.25, -0.2) is 0 Å². The molecule has 2 saturated heterocycles. The Hall–Kier alpha value is -2.05. The van der Waals surface area contributed by atoms with Crippen molar-refractivity contribution in [2.24, 2.45) is 5.92 Å². The van der Waals surface area contributed by atoms with Gasteiger partial charge in [0.25, 0.3) is 0 Å². The molecule has 0 radical (unpaired) electrons. The summed E-state index contributed by atoms with van der Waals surface area (Å²) >= 11 is 0. The van der Waals surface area contributed by atoms with Gasteiger partial charge in [-0.05, 0) is 69.0 Å². The van der Waals surface area contributed by atoms with Crippen LogP contribution >= 0.6 is 0 Å². The van der Waals surface area contributed by atoms with Gasteiger partial charge in [-0.1, -0.05) is 6.42 Å². The number of amides is 1. The minimum absolute atomic E-state index is 0.174. The lowest BCUT2D eigenvalue weighted by molar-refractivity contribution is -0.133. The van der Waals surface area contributed by atoms with Crippen molar-refractivity contribution in [3.63, 3.8) is 0 Å². The lowest BCUT2D eigenvalue weighted by Crippen LogP contribution is -2.52. The first-order valence-electron chi connectivity index (χ1n) is 11.3. The second-order valence-corrected chi connectivity index (χ2v) is 8.70. The van der Waals surface area contributed by atoms with Gasteiger partial charge in [0.1, 0.15) is 12.3 Å². The lowest BCUT2D eigenvalue weighted by Gasteiger charge is -2.45. The highest BCUT2D eigenvalue weighted by Gasteiger charge is 2.34. The van der Waals surface area contributed by atoms with Gasteiger partial charge in [0.05, 0.1) is 13.7 Å². The molecule has 6 heteroatoms. The lowest BCUT2D eigenvalue weighted by atomic mass is 9.83. The van der Waals surface area contributed by atoms with Crippen LogP contribution in [0.1, 0.15) is 32.1 Å². The average Bonchev–Trinajstić information content (AvgIpc) is 3.18. The maximum atomic E-state index is 13.3. The van der Waals surface area contributed by atoms with Crippen molar-refractivity contribution >= 4 is 16.8 Å². The Labute approximate surface area is 179 Å². The smallest absolute Gasteiger partial charge is 0.242 e. The first kappa shape index (κ1) is 21.2. The van der Waals surface area contributed by atoms with Crippen LogP contribution in [0.2, 0.25) is 0 Å². The Morgan fingerprint density at radius 2 is 2.00 bits per heavy atom. The van der Waals surface area contributed by atoms with E-state index in [1.807, 2.05) is 39.9 Å². The Balaban J connectivity index is 1.47. The molecule has 0 bridgehead atoms. The molecule has 3 heterocycles. The molecule has 2 aliphatic heterocycles. The van der Waals surface area contributed by atoms with E-state index >= 15 is 0 Å². The Morgan fingerprint density at radius 3 is 2.83 bits per heavy atom. The van der Waals surface area contributed by atoms with Crippen molar-refractivity contribution in [3.8, 4) is 5.75 Å². The summed E-state index contributed by atoms with van der Waals surface area (Å²) < 4.78 is 12.7. The zero-order valence-electron chi connectivity index (χ0n) is 18.4. The molecule has 0 aliphatic carbocycles. The van der Waals surface area contributed by atoms with Crippen LogP contribution in [-0.2, 0) is 16.1 Å². The van der Waals surface area contributed by atoms with Crippen LogP contribution in [0, 0.1) is 5.92 Å². The van der Waals surface area contributed by atoms with E-state index in [2.05, 4.69) is 4.90 Å². The summed E-state index contributed by atoms with van der Waals surface area (Å²) in [5, 5.41) is 1.09. The molecule has 164 valence electrons. The topological polar surface area (TPSA) is 46.9 Å². The van der Waals surface area contributed by atoms with Crippen molar-refractivity contribution in [1.82, 2.24) is 14.4 Å². The maximum Gasteiger partial charge on any atom is 0.242 e. The summed E-state index contributed by atoms with van der Waals surface area (Å²) in [6.07, 6.45) is 8.40. The average molecular weight is 414 g/mol. The molecule has 0 N–H and O–H groups in total. The number of rotatable bonds is 8. The maximum absolute atomic E-state index is 13.3. The highest BCUT2D eigenvalue weighted by molar-refractivity contribution is 5.84. The number of hydrogen-bond acceptors (Lipinski definition) is 4. The third-order valence-electron chi connectivity index (χ3n) is 6.89. The molecule has 2 fully saturated rings. The van der Waals surface area contributed by atoms with Gasteiger partial charge in [0.2, 0.25) is 5.91 Å². The summed E-state index contributed by atoms with van der Waals surface area (Å²) in [5.74, 6) is 1.58. The molecule has 2 unspecified atom stereocenters. The van der Waals surface area contributed by atoms with Gasteiger partial charge in [0, 0.05) is 43.3 Å². The van der Waals surface area contributed by atoms with Gasteiger partial charge in [-0.15, -0.1) is 0 Å². The molecule has 4 rings (SSSR count). The minimum Gasteiger partial charge on any atom is -0.497 e. The number of aromatic nitrogens is 1. The second kappa shape index (κ2) is 9.84. The molecule has 2 atom stereocenters. The molecular formula is C24H35N3O3. The number of ether oxygens (including phenoxy) is 2. The largest absolute Gasteiger partial charge is 0.497 e. The van der Waals surface area contributed by atoms with Crippen molar-refractivity contribution in [2.45, 2.75) is 44.7 Å². The third kappa shape index (κ3) is 4.65. The fourth-order valence-electron chi connectivity index (χ4n) is 5.28. The molecule has 1 amide bonds. The number of carbonyl (C=O) groups excluding carboxylic acids is 1. The molecule has 1 aromatic carbocycles. The van der Waals surface area contributed by atoms with Crippen LogP contribution in [-0.4, -0.2) is 73.3 Å². The van der Waals surface area contributed by atoms with Gasteiger partial charge in [-0.3, -0.25) is 4.79 Å². The van der Waals surface area contributed by atoms with Crippen LogP contribution in [0.4, 0.5) is 0 Å². The van der Waals surface area contributed by atoms with E-state index in [9.17, 15) is 4.79 Å². The van der Waals surface area contributed by atoms with Crippen LogP contribution < -0.4 is 4.74 Å². The SMILES string of the molecule is COCCN(CC1CCCN2CCCCC12)C(=O)Cn1ccc2cc(OC)ccc21. The number of hydrogen-bond donors (Lipinski definition) is 0. The van der Waals surface area contributed by atoms with E-state index < -0.39 is 0 Å². The standard InChI is InChI=1S/C24H35N3O3/c1-29-15-14-27(17-20-6-5-12-25-11-4-3-7-22(20)25)24(28)18-26-13-10-19-16-21(30-2)8-9-23(19)26/h8-10,13,16,20,22H,3-7,11-12,14-15,17-18H2,1-2H3. The molecule has 30 heavy (non-hydrogen) atoms. The van der Waals surface area contributed by atoms with E-state index in [0.29, 0.717) is 31.7 Å². The second-order valence-electron chi connectivity index (χ2n) is 8.70. The zero-order chi connectivity index (χ0) is 20.9. The van der Waals surface area contributed by atoms with Crippen LogP contribution in [0.15, 0.2) is 30.5 Å². The Morgan fingerprint density at radius 1 is 1.13 bits per heavy atom. The fraction of sp³-hybridized carbons (Fsp3) is 0.625. The number of nitrogens with zero attached hydrogens (tertiary/aromatic N) is 3. The number of piperidine rings is 2. The highest BCUT2D eigenvalue weighted by atomic mass is 16.5. The number of benzene rings is 1. The minimum atomic E-state index is 0.174. The van der Waals surface area contributed by atoms with E-state index in [-0.39, 0.29) is 5.91 Å². The molecule has 6 nitrogen and oxygen atoms in total. The van der Waals surface area contributed by atoms with Gasteiger partial charge in [0.15, 0.2) is 0 Å². The van der Waals surface area contributed by atoms with E-state index in [1.165, 1.54) is 45.2 Å². The molecule has 0 saturated carbocycles. The monoisotopic (exact) mass is 413 g/mol. The molecule has 2 aromatic rings.